The van der Waals surface area contributed by atoms with Crippen molar-refractivity contribution >= 4 is 5.69 Å². The lowest BCUT2D eigenvalue weighted by Crippen LogP contribution is -2.16. The van der Waals surface area contributed by atoms with E-state index in [9.17, 15) is 0 Å². The summed E-state index contributed by atoms with van der Waals surface area (Å²) in [6, 6.07) is 6.38. The average molecular weight is 257 g/mol. The number of anilines is 1. The summed E-state index contributed by atoms with van der Waals surface area (Å²) in [5, 5.41) is 3.36. The first-order chi connectivity index (χ1) is 9.36. The average Bonchev–Trinajstić information content (AvgIpc) is 2.93. The number of hydrogen-bond donors (Lipinski definition) is 2. The van der Waals surface area contributed by atoms with Crippen molar-refractivity contribution in [2.45, 2.75) is 25.7 Å². The van der Waals surface area contributed by atoms with Gasteiger partial charge in [0.25, 0.3) is 0 Å². The third kappa shape index (κ3) is 2.57. The van der Waals surface area contributed by atoms with Gasteiger partial charge >= 0.3 is 0 Å². The molecular weight excluding hydrogens is 238 g/mol. The fraction of sp³-hybridized carbons (Fsp3) is 0.400. The van der Waals surface area contributed by atoms with Gasteiger partial charge in [-0.05, 0) is 49.4 Å². The van der Waals surface area contributed by atoms with Crippen LogP contribution in [0.3, 0.4) is 0 Å². The van der Waals surface area contributed by atoms with Crippen molar-refractivity contribution in [1.82, 2.24) is 9.97 Å². The summed E-state index contributed by atoms with van der Waals surface area (Å²) in [5.74, 6) is 1.53. The SMILES string of the molecule is CCNc1ccc2c(c1)C(Cc1cnc[nH]1)CCO2. The second kappa shape index (κ2) is 5.34. The van der Waals surface area contributed by atoms with Crippen LogP contribution in [0.5, 0.6) is 5.75 Å². The van der Waals surface area contributed by atoms with Crippen molar-refractivity contribution in [1.29, 1.82) is 0 Å². The molecule has 4 heteroatoms. The minimum Gasteiger partial charge on any atom is -0.493 e. The normalized spacial score (nSPS) is 17.6. The van der Waals surface area contributed by atoms with E-state index >= 15 is 0 Å². The van der Waals surface area contributed by atoms with E-state index < -0.39 is 0 Å². The van der Waals surface area contributed by atoms with Crippen molar-refractivity contribution in [3.63, 3.8) is 0 Å². The van der Waals surface area contributed by atoms with Gasteiger partial charge in [0.05, 0.1) is 12.9 Å². The molecule has 0 fully saturated rings. The molecule has 0 amide bonds. The number of ether oxygens (including phenoxy) is 1. The van der Waals surface area contributed by atoms with Gasteiger partial charge in [0.2, 0.25) is 0 Å². The minimum atomic E-state index is 0.503. The van der Waals surface area contributed by atoms with Gasteiger partial charge in [-0.15, -0.1) is 0 Å². The van der Waals surface area contributed by atoms with Crippen LogP contribution in [0, 0.1) is 0 Å². The standard InChI is InChI=1S/C15H19N3O/c1-2-17-12-3-4-15-14(8-12)11(5-6-19-15)7-13-9-16-10-18-13/h3-4,8-11,17H,2,5-7H2,1H3,(H,16,18). The van der Waals surface area contributed by atoms with E-state index in [2.05, 4.69) is 40.4 Å². The molecule has 19 heavy (non-hydrogen) atoms. The maximum atomic E-state index is 5.75. The van der Waals surface area contributed by atoms with Crippen LogP contribution in [0.1, 0.15) is 30.5 Å². The van der Waals surface area contributed by atoms with Crippen molar-refractivity contribution in [2.24, 2.45) is 0 Å². The van der Waals surface area contributed by atoms with Crippen molar-refractivity contribution in [2.75, 3.05) is 18.5 Å². The lowest BCUT2D eigenvalue weighted by Gasteiger charge is -2.26. The van der Waals surface area contributed by atoms with Crippen LogP contribution in [0.25, 0.3) is 0 Å². The van der Waals surface area contributed by atoms with Crippen LogP contribution < -0.4 is 10.1 Å². The number of aromatic nitrogens is 2. The highest BCUT2D eigenvalue weighted by molar-refractivity contribution is 5.53. The minimum absolute atomic E-state index is 0.503. The van der Waals surface area contributed by atoms with E-state index in [1.54, 1.807) is 6.33 Å². The maximum Gasteiger partial charge on any atom is 0.122 e. The smallest absolute Gasteiger partial charge is 0.122 e. The van der Waals surface area contributed by atoms with E-state index in [0.717, 1.165) is 31.7 Å². The molecule has 0 radical (unpaired) electrons. The third-order valence-corrected chi connectivity index (χ3v) is 3.58. The van der Waals surface area contributed by atoms with Crippen LogP contribution in [-0.4, -0.2) is 23.1 Å². The van der Waals surface area contributed by atoms with Crippen LogP contribution in [0.15, 0.2) is 30.7 Å². The summed E-state index contributed by atoms with van der Waals surface area (Å²) >= 11 is 0. The molecule has 3 rings (SSSR count). The number of hydrogen-bond acceptors (Lipinski definition) is 3. The van der Waals surface area contributed by atoms with E-state index in [4.69, 9.17) is 4.74 Å². The Kier molecular flexibility index (Phi) is 3.40. The van der Waals surface area contributed by atoms with Gasteiger partial charge in [-0.3, -0.25) is 0 Å². The summed E-state index contributed by atoms with van der Waals surface area (Å²) in [4.78, 5) is 7.28. The van der Waals surface area contributed by atoms with E-state index in [1.165, 1.54) is 16.9 Å². The topological polar surface area (TPSA) is 49.9 Å². The van der Waals surface area contributed by atoms with Gasteiger partial charge in [-0.2, -0.15) is 0 Å². The lowest BCUT2D eigenvalue weighted by atomic mass is 9.89. The summed E-state index contributed by atoms with van der Waals surface area (Å²) in [5.41, 5.74) is 3.66. The first-order valence-corrected chi connectivity index (χ1v) is 6.84. The highest BCUT2D eigenvalue weighted by Gasteiger charge is 2.22. The van der Waals surface area contributed by atoms with Crippen LogP contribution in [0.2, 0.25) is 0 Å². The maximum absolute atomic E-state index is 5.75. The Bertz CT molecular complexity index is 536. The quantitative estimate of drug-likeness (QED) is 0.885. The van der Waals surface area contributed by atoms with Crippen molar-refractivity contribution in [3.05, 3.63) is 42.0 Å². The fourth-order valence-corrected chi connectivity index (χ4v) is 2.65. The van der Waals surface area contributed by atoms with Crippen LogP contribution >= 0.6 is 0 Å². The van der Waals surface area contributed by atoms with Crippen molar-refractivity contribution in [3.8, 4) is 5.75 Å². The molecule has 2 N–H and O–H groups in total. The molecule has 0 bridgehead atoms. The molecule has 1 unspecified atom stereocenters. The molecular formula is C15H19N3O. The predicted molar refractivity (Wildman–Crippen MR) is 75.8 cm³/mol. The number of fused-ring (bicyclic) bond motifs is 1. The number of aromatic amines is 1. The van der Waals surface area contributed by atoms with Gasteiger partial charge < -0.3 is 15.0 Å². The van der Waals surface area contributed by atoms with Gasteiger partial charge in [-0.25, -0.2) is 4.98 Å². The Labute approximate surface area is 113 Å². The number of H-pyrrole nitrogens is 1. The van der Waals surface area contributed by atoms with E-state index in [-0.39, 0.29) is 0 Å². The summed E-state index contributed by atoms with van der Waals surface area (Å²) < 4.78 is 5.75. The summed E-state index contributed by atoms with van der Waals surface area (Å²) in [6.45, 7) is 3.84. The zero-order valence-electron chi connectivity index (χ0n) is 11.1. The van der Waals surface area contributed by atoms with E-state index in [1.807, 2.05) is 6.20 Å². The molecule has 0 saturated heterocycles. The molecule has 0 spiro atoms. The van der Waals surface area contributed by atoms with E-state index in [0.29, 0.717) is 5.92 Å². The fourth-order valence-electron chi connectivity index (χ4n) is 2.65. The summed E-state index contributed by atoms with van der Waals surface area (Å²) in [7, 11) is 0. The molecule has 100 valence electrons. The third-order valence-electron chi connectivity index (χ3n) is 3.58. The van der Waals surface area contributed by atoms with Crippen molar-refractivity contribution < 1.29 is 4.74 Å². The number of rotatable bonds is 4. The molecule has 1 aromatic heterocycles. The predicted octanol–water partition coefficient (Wildman–Crippen LogP) is 2.95. The summed E-state index contributed by atoms with van der Waals surface area (Å²) in [6.07, 6.45) is 5.70. The molecule has 0 saturated carbocycles. The Morgan fingerprint density at radius 1 is 1.47 bits per heavy atom. The second-order valence-corrected chi connectivity index (χ2v) is 4.90. The molecule has 1 atom stereocenters. The molecule has 1 aromatic carbocycles. The molecule has 2 heterocycles. The Morgan fingerprint density at radius 2 is 2.42 bits per heavy atom. The number of nitrogens with one attached hydrogen (secondary N) is 2. The van der Waals surface area contributed by atoms with Gasteiger partial charge in [-0.1, -0.05) is 0 Å². The number of nitrogens with zero attached hydrogens (tertiary/aromatic N) is 1. The zero-order chi connectivity index (χ0) is 13.1. The van der Waals surface area contributed by atoms with Gasteiger partial charge in [0.1, 0.15) is 5.75 Å². The van der Waals surface area contributed by atoms with Gasteiger partial charge in [0, 0.05) is 24.1 Å². The Hall–Kier alpha value is -1.97. The lowest BCUT2D eigenvalue weighted by molar-refractivity contribution is 0.266. The largest absolute Gasteiger partial charge is 0.493 e. The first kappa shape index (κ1) is 12.1. The first-order valence-electron chi connectivity index (χ1n) is 6.84. The highest BCUT2D eigenvalue weighted by atomic mass is 16.5. The zero-order valence-corrected chi connectivity index (χ0v) is 11.1. The van der Waals surface area contributed by atoms with Crippen LogP contribution in [0.4, 0.5) is 5.69 Å². The highest BCUT2D eigenvalue weighted by Crippen LogP contribution is 2.37. The molecule has 1 aliphatic rings. The molecule has 1 aliphatic heterocycles. The number of benzene rings is 1. The molecule has 0 aliphatic carbocycles. The van der Waals surface area contributed by atoms with Gasteiger partial charge in [0.15, 0.2) is 0 Å². The second-order valence-electron chi connectivity index (χ2n) is 4.90. The monoisotopic (exact) mass is 257 g/mol. The molecule has 2 aromatic rings. The van der Waals surface area contributed by atoms with Crippen LogP contribution in [-0.2, 0) is 6.42 Å². The number of imidazole rings is 1. The molecule has 4 nitrogen and oxygen atoms in total. The Morgan fingerprint density at radius 3 is 3.21 bits per heavy atom. The Balaban J connectivity index is 1.86.